The van der Waals surface area contributed by atoms with Crippen LogP contribution in [0.15, 0.2) is 23.6 Å². The summed E-state index contributed by atoms with van der Waals surface area (Å²) < 4.78 is 11.4. The first kappa shape index (κ1) is 13.4. The lowest BCUT2D eigenvalue weighted by atomic mass is 10.0. The molecular formula is C15H18N2O2S. The number of hydrogen-bond acceptors (Lipinski definition) is 5. The van der Waals surface area contributed by atoms with Gasteiger partial charge in [-0.05, 0) is 20.0 Å². The van der Waals surface area contributed by atoms with Crippen molar-refractivity contribution < 1.29 is 9.47 Å². The number of benzene rings is 1. The lowest BCUT2D eigenvalue weighted by Crippen LogP contribution is -2.23. The second kappa shape index (κ2) is 5.81. The van der Waals surface area contributed by atoms with Gasteiger partial charge in [0.05, 0.1) is 5.01 Å². The number of ether oxygens (including phenoxy) is 2. The first-order chi connectivity index (χ1) is 9.78. The zero-order valence-corrected chi connectivity index (χ0v) is 12.5. The molecule has 0 saturated carbocycles. The lowest BCUT2D eigenvalue weighted by Gasteiger charge is -2.24. The maximum Gasteiger partial charge on any atom is 0.166 e. The van der Waals surface area contributed by atoms with E-state index in [1.165, 1.54) is 0 Å². The maximum absolute atomic E-state index is 5.80. The molecule has 0 bridgehead atoms. The largest absolute Gasteiger partial charge is 0.486 e. The molecule has 1 N–H and O–H groups in total. The third-order valence-electron chi connectivity index (χ3n) is 3.37. The van der Waals surface area contributed by atoms with E-state index in [1.807, 2.05) is 26.1 Å². The highest BCUT2D eigenvalue weighted by atomic mass is 32.1. The molecule has 2 aromatic rings. The number of likely N-dealkylation sites (N-methyl/N-ethyl adjacent to an activating group) is 1. The molecule has 0 radical (unpaired) electrons. The topological polar surface area (TPSA) is 43.4 Å². The van der Waals surface area contributed by atoms with E-state index in [-0.39, 0.29) is 6.04 Å². The van der Waals surface area contributed by atoms with Crippen molar-refractivity contribution in [1.29, 1.82) is 0 Å². The van der Waals surface area contributed by atoms with Crippen molar-refractivity contribution in [3.63, 3.8) is 0 Å². The van der Waals surface area contributed by atoms with Crippen LogP contribution in [0.3, 0.4) is 0 Å². The van der Waals surface area contributed by atoms with E-state index in [4.69, 9.17) is 9.47 Å². The maximum atomic E-state index is 5.80. The number of rotatable bonds is 4. The van der Waals surface area contributed by atoms with Gasteiger partial charge in [-0.2, -0.15) is 0 Å². The van der Waals surface area contributed by atoms with Crippen LogP contribution in [-0.4, -0.2) is 25.2 Å². The second-order valence-electron chi connectivity index (χ2n) is 4.80. The Bertz CT molecular complexity index is 597. The van der Waals surface area contributed by atoms with Crippen LogP contribution in [0.1, 0.15) is 22.3 Å². The van der Waals surface area contributed by atoms with Crippen LogP contribution < -0.4 is 14.8 Å². The molecule has 0 fully saturated rings. The lowest BCUT2D eigenvalue weighted by molar-refractivity contribution is 0.168. The molecule has 106 valence electrons. The third kappa shape index (κ3) is 2.64. The van der Waals surface area contributed by atoms with E-state index in [1.54, 1.807) is 11.3 Å². The van der Waals surface area contributed by atoms with E-state index in [0.717, 1.165) is 34.2 Å². The molecule has 1 aromatic heterocycles. The highest BCUT2D eigenvalue weighted by molar-refractivity contribution is 7.09. The molecule has 1 atom stereocenters. The summed E-state index contributed by atoms with van der Waals surface area (Å²) in [6.07, 6.45) is 0.856. The van der Waals surface area contributed by atoms with Gasteiger partial charge in [0.15, 0.2) is 11.5 Å². The first-order valence-corrected chi connectivity index (χ1v) is 7.62. The SMILES string of the molecule is CNC(Cc1nc(C)cs1)c1cccc2c1OCCO2. The smallest absolute Gasteiger partial charge is 0.166 e. The second-order valence-corrected chi connectivity index (χ2v) is 5.74. The number of hydrogen-bond donors (Lipinski definition) is 1. The van der Waals surface area contributed by atoms with Gasteiger partial charge in [-0.25, -0.2) is 4.98 Å². The zero-order chi connectivity index (χ0) is 13.9. The molecule has 1 aliphatic rings. The Kier molecular flexibility index (Phi) is 3.89. The molecule has 1 unspecified atom stereocenters. The van der Waals surface area contributed by atoms with Crippen LogP contribution in [0, 0.1) is 6.92 Å². The summed E-state index contributed by atoms with van der Waals surface area (Å²) in [6.45, 7) is 3.25. The average Bonchev–Trinajstić information content (AvgIpc) is 2.89. The quantitative estimate of drug-likeness (QED) is 0.940. The Morgan fingerprint density at radius 1 is 1.35 bits per heavy atom. The summed E-state index contributed by atoms with van der Waals surface area (Å²) >= 11 is 1.70. The van der Waals surface area contributed by atoms with Crippen molar-refractivity contribution >= 4 is 11.3 Å². The standard InChI is InChI=1S/C15H18N2O2S/c1-10-9-20-14(17-10)8-12(16-2)11-4-3-5-13-15(11)19-7-6-18-13/h3-5,9,12,16H,6-8H2,1-2H3. The number of thiazole rings is 1. The van der Waals surface area contributed by atoms with Crippen molar-refractivity contribution in [3.8, 4) is 11.5 Å². The van der Waals surface area contributed by atoms with E-state index >= 15 is 0 Å². The van der Waals surface area contributed by atoms with Gasteiger partial charge < -0.3 is 14.8 Å². The molecule has 4 nitrogen and oxygen atoms in total. The van der Waals surface area contributed by atoms with Gasteiger partial charge >= 0.3 is 0 Å². The van der Waals surface area contributed by atoms with Crippen LogP contribution in [0.2, 0.25) is 0 Å². The number of fused-ring (bicyclic) bond motifs is 1. The summed E-state index contributed by atoms with van der Waals surface area (Å²) in [7, 11) is 1.97. The molecular weight excluding hydrogens is 272 g/mol. The molecule has 0 saturated heterocycles. The third-order valence-corrected chi connectivity index (χ3v) is 4.35. The van der Waals surface area contributed by atoms with Gasteiger partial charge in [-0.15, -0.1) is 11.3 Å². The normalized spacial score (nSPS) is 15.1. The van der Waals surface area contributed by atoms with Gasteiger partial charge in [-0.1, -0.05) is 12.1 Å². The molecule has 0 amide bonds. The molecule has 0 spiro atoms. The van der Waals surface area contributed by atoms with Gasteiger partial charge in [0.25, 0.3) is 0 Å². The molecule has 5 heteroatoms. The van der Waals surface area contributed by atoms with Crippen molar-refractivity contribution in [1.82, 2.24) is 10.3 Å². The number of nitrogens with zero attached hydrogens (tertiary/aromatic N) is 1. The monoisotopic (exact) mass is 290 g/mol. The van der Waals surface area contributed by atoms with Gasteiger partial charge in [-0.3, -0.25) is 0 Å². The summed E-state index contributed by atoms with van der Waals surface area (Å²) in [4.78, 5) is 4.54. The summed E-state index contributed by atoms with van der Waals surface area (Å²) in [5.41, 5.74) is 2.21. The summed E-state index contributed by atoms with van der Waals surface area (Å²) in [5, 5.41) is 6.58. The van der Waals surface area contributed by atoms with Crippen molar-refractivity contribution in [2.45, 2.75) is 19.4 Å². The molecule has 0 aliphatic carbocycles. The van der Waals surface area contributed by atoms with Crippen LogP contribution in [0.4, 0.5) is 0 Å². The van der Waals surface area contributed by atoms with E-state index in [9.17, 15) is 0 Å². The molecule has 3 rings (SSSR count). The average molecular weight is 290 g/mol. The first-order valence-electron chi connectivity index (χ1n) is 6.74. The zero-order valence-electron chi connectivity index (χ0n) is 11.7. The van der Waals surface area contributed by atoms with E-state index < -0.39 is 0 Å². The minimum Gasteiger partial charge on any atom is -0.486 e. The molecule has 1 aliphatic heterocycles. The number of nitrogens with one attached hydrogen (secondary N) is 1. The highest BCUT2D eigenvalue weighted by Crippen LogP contribution is 2.37. The van der Waals surface area contributed by atoms with Crippen molar-refractivity contribution in [2.75, 3.05) is 20.3 Å². The highest BCUT2D eigenvalue weighted by Gasteiger charge is 2.22. The van der Waals surface area contributed by atoms with Crippen LogP contribution in [0.25, 0.3) is 0 Å². The van der Waals surface area contributed by atoms with Crippen LogP contribution >= 0.6 is 11.3 Å². The fourth-order valence-corrected chi connectivity index (χ4v) is 3.23. The van der Waals surface area contributed by atoms with Crippen molar-refractivity contribution in [3.05, 3.63) is 39.8 Å². The Hall–Kier alpha value is -1.59. The minimum atomic E-state index is 0.178. The molecule has 20 heavy (non-hydrogen) atoms. The Labute approximate surface area is 122 Å². The van der Waals surface area contributed by atoms with Gasteiger partial charge in [0.2, 0.25) is 0 Å². The van der Waals surface area contributed by atoms with Gasteiger partial charge in [0.1, 0.15) is 13.2 Å². The Morgan fingerprint density at radius 2 is 2.20 bits per heavy atom. The Morgan fingerprint density at radius 3 is 2.95 bits per heavy atom. The minimum absolute atomic E-state index is 0.178. The fourth-order valence-electron chi connectivity index (χ4n) is 2.41. The predicted molar refractivity (Wildman–Crippen MR) is 79.8 cm³/mol. The molecule has 2 heterocycles. The van der Waals surface area contributed by atoms with Gasteiger partial charge in [0, 0.05) is 29.1 Å². The predicted octanol–water partition coefficient (Wildman–Crippen LogP) is 2.73. The number of aryl methyl sites for hydroxylation is 1. The summed E-state index contributed by atoms with van der Waals surface area (Å²) in [5.74, 6) is 1.70. The Balaban J connectivity index is 1.89. The van der Waals surface area contributed by atoms with E-state index in [2.05, 4.69) is 21.7 Å². The van der Waals surface area contributed by atoms with Crippen LogP contribution in [-0.2, 0) is 6.42 Å². The van der Waals surface area contributed by atoms with Crippen LogP contribution in [0.5, 0.6) is 11.5 Å². The molecule has 1 aromatic carbocycles. The fraction of sp³-hybridized carbons (Fsp3) is 0.400. The van der Waals surface area contributed by atoms with E-state index in [0.29, 0.717) is 13.2 Å². The summed E-state index contributed by atoms with van der Waals surface area (Å²) in [6, 6.07) is 6.24. The van der Waals surface area contributed by atoms with Crippen molar-refractivity contribution in [2.24, 2.45) is 0 Å². The number of aromatic nitrogens is 1. The number of para-hydroxylation sites is 1.